The molecule has 0 amide bonds. The van der Waals surface area contributed by atoms with E-state index in [-0.39, 0.29) is 12.4 Å². The van der Waals surface area contributed by atoms with E-state index in [1.54, 1.807) is 12.3 Å². The Morgan fingerprint density at radius 3 is 2.58 bits per heavy atom. The van der Waals surface area contributed by atoms with Crippen LogP contribution in [0.2, 0.25) is 0 Å². The van der Waals surface area contributed by atoms with Gasteiger partial charge in [-0.2, -0.15) is 5.26 Å². The van der Waals surface area contributed by atoms with E-state index >= 15 is 0 Å². The third kappa shape index (κ3) is 3.39. The van der Waals surface area contributed by atoms with Crippen LogP contribution in [0, 0.1) is 10.7 Å². The zero-order valence-electron chi connectivity index (χ0n) is 6.86. The highest BCUT2D eigenvalue weighted by molar-refractivity contribution is 8.05. The predicted octanol–water partition coefficient (Wildman–Crippen LogP) is 0.721. The quantitative estimate of drug-likeness (QED) is 0.368. The van der Waals surface area contributed by atoms with Crippen molar-refractivity contribution in [3.63, 3.8) is 0 Å². The lowest BCUT2D eigenvalue weighted by atomic mass is 10.3. The van der Waals surface area contributed by atoms with Gasteiger partial charge in [0.05, 0.1) is 6.61 Å². The Kier molecular flexibility index (Phi) is 5.13. The molecule has 0 N–H and O–H groups in total. The van der Waals surface area contributed by atoms with E-state index in [0.29, 0.717) is 11.8 Å². The van der Waals surface area contributed by atoms with Crippen LogP contribution in [0.25, 0.3) is 0 Å². The maximum absolute atomic E-state index is 11.0. The molecule has 0 aromatic rings. The largest absolute Gasteiger partial charge is 0.465 e. The van der Waals surface area contributed by atoms with Gasteiger partial charge in [0.25, 0.3) is 0 Å². The number of carbonyl (C=O) groups is 2. The van der Waals surface area contributed by atoms with Crippen LogP contribution in [0.15, 0.2) is 0 Å². The molecule has 1 atom stereocenters. The fraction of sp³-hybridized carbons (Fsp3) is 0.571. The predicted molar refractivity (Wildman–Crippen MR) is 44.3 cm³/mol. The molecular weight excluding hydrogens is 178 g/mol. The van der Waals surface area contributed by atoms with E-state index in [1.807, 2.05) is 0 Å². The van der Waals surface area contributed by atoms with Gasteiger partial charge in [0, 0.05) is 0 Å². The average molecular weight is 187 g/mol. The van der Waals surface area contributed by atoms with Crippen molar-refractivity contribution in [1.82, 2.24) is 0 Å². The number of thiocyanates is 1. The molecule has 0 aromatic carbocycles. The summed E-state index contributed by atoms with van der Waals surface area (Å²) in [7, 11) is 0. The molecule has 4 nitrogen and oxygen atoms in total. The summed E-state index contributed by atoms with van der Waals surface area (Å²) in [6.07, 6.45) is 0. The van der Waals surface area contributed by atoms with Gasteiger partial charge in [-0.15, -0.1) is 0 Å². The summed E-state index contributed by atoms with van der Waals surface area (Å²) >= 11 is 0.614. The van der Waals surface area contributed by atoms with Crippen molar-refractivity contribution in [1.29, 1.82) is 5.26 Å². The van der Waals surface area contributed by atoms with Crippen LogP contribution in [0.4, 0.5) is 0 Å². The van der Waals surface area contributed by atoms with Crippen molar-refractivity contribution >= 4 is 23.5 Å². The minimum Gasteiger partial charge on any atom is -0.465 e. The van der Waals surface area contributed by atoms with Crippen LogP contribution in [-0.2, 0) is 14.3 Å². The van der Waals surface area contributed by atoms with Gasteiger partial charge in [0.2, 0.25) is 0 Å². The Morgan fingerprint density at radius 1 is 1.67 bits per heavy atom. The lowest BCUT2D eigenvalue weighted by molar-refractivity contribution is -0.144. The summed E-state index contributed by atoms with van der Waals surface area (Å²) in [6.45, 7) is 3.12. The van der Waals surface area contributed by atoms with Crippen LogP contribution < -0.4 is 0 Å². The zero-order valence-corrected chi connectivity index (χ0v) is 7.68. The van der Waals surface area contributed by atoms with E-state index in [9.17, 15) is 9.59 Å². The van der Waals surface area contributed by atoms with E-state index in [1.165, 1.54) is 6.92 Å². The van der Waals surface area contributed by atoms with Gasteiger partial charge in [0.15, 0.2) is 11.0 Å². The Balaban J connectivity index is 4.21. The number of ether oxygens (including phenoxy) is 1. The minimum atomic E-state index is -0.991. The molecule has 0 aromatic heterocycles. The summed E-state index contributed by atoms with van der Waals surface area (Å²) in [5.74, 6) is -1.00. The smallest absolute Gasteiger partial charge is 0.327 e. The number of rotatable bonds is 4. The summed E-state index contributed by atoms with van der Waals surface area (Å²) in [5.41, 5.74) is 0. The van der Waals surface area contributed by atoms with Crippen molar-refractivity contribution in [2.75, 3.05) is 6.61 Å². The van der Waals surface area contributed by atoms with Crippen molar-refractivity contribution in [3.8, 4) is 5.40 Å². The normalized spacial score (nSPS) is 11.4. The Bertz CT molecular complexity index is 221. The van der Waals surface area contributed by atoms with Crippen LogP contribution in [-0.4, -0.2) is 23.6 Å². The van der Waals surface area contributed by atoms with Gasteiger partial charge < -0.3 is 4.74 Å². The van der Waals surface area contributed by atoms with Gasteiger partial charge in [-0.05, 0) is 25.6 Å². The molecule has 5 heteroatoms. The molecule has 0 radical (unpaired) electrons. The molecule has 0 bridgehead atoms. The van der Waals surface area contributed by atoms with Gasteiger partial charge in [-0.1, -0.05) is 0 Å². The van der Waals surface area contributed by atoms with Crippen molar-refractivity contribution in [2.45, 2.75) is 19.1 Å². The number of carbonyl (C=O) groups excluding carboxylic acids is 2. The minimum absolute atomic E-state index is 0.217. The third-order valence-electron chi connectivity index (χ3n) is 1.04. The number of nitrogens with zero attached hydrogens (tertiary/aromatic N) is 1. The number of hydrogen-bond donors (Lipinski definition) is 0. The van der Waals surface area contributed by atoms with Crippen LogP contribution in [0.3, 0.4) is 0 Å². The average Bonchev–Trinajstić information content (AvgIpc) is 1.99. The first-order valence-corrected chi connectivity index (χ1v) is 4.23. The maximum atomic E-state index is 11.0. The molecule has 0 rings (SSSR count). The molecule has 0 aliphatic heterocycles. The highest BCUT2D eigenvalue weighted by Gasteiger charge is 2.25. The lowest BCUT2D eigenvalue weighted by Crippen LogP contribution is -2.26. The van der Waals surface area contributed by atoms with Crippen LogP contribution in [0.5, 0.6) is 0 Å². The van der Waals surface area contributed by atoms with Gasteiger partial charge >= 0.3 is 5.97 Å². The third-order valence-corrected chi connectivity index (χ3v) is 1.91. The number of esters is 1. The maximum Gasteiger partial charge on any atom is 0.327 e. The second-order valence-electron chi connectivity index (χ2n) is 1.95. The lowest BCUT2D eigenvalue weighted by Gasteiger charge is -2.06. The number of thioether (sulfide) groups is 1. The molecule has 12 heavy (non-hydrogen) atoms. The molecule has 0 heterocycles. The Hall–Kier alpha value is -1.02. The summed E-state index contributed by atoms with van der Waals surface area (Å²) in [6, 6.07) is 0. The van der Waals surface area contributed by atoms with E-state index in [2.05, 4.69) is 4.74 Å². The van der Waals surface area contributed by atoms with Crippen molar-refractivity contribution in [2.24, 2.45) is 0 Å². The standard InChI is InChI=1S/C7H9NO3S/c1-3-11-7(10)6(5(2)9)12-4-8/h6H,3H2,1-2H3/t6-/m1/s1. The fourth-order valence-electron chi connectivity index (χ4n) is 0.568. The first kappa shape index (κ1) is 11.0. The second kappa shape index (κ2) is 5.61. The summed E-state index contributed by atoms with van der Waals surface area (Å²) in [4.78, 5) is 21.7. The molecule has 66 valence electrons. The number of Topliss-reactive ketones (excluding diaryl/α,β-unsaturated/α-hetero) is 1. The van der Waals surface area contributed by atoms with Crippen LogP contribution in [0.1, 0.15) is 13.8 Å². The van der Waals surface area contributed by atoms with E-state index in [0.717, 1.165) is 0 Å². The van der Waals surface area contributed by atoms with Crippen molar-refractivity contribution in [3.05, 3.63) is 0 Å². The zero-order chi connectivity index (χ0) is 9.56. The first-order valence-electron chi connectivity index (χ1n) is 3.35. The highest BCUT2D eigenvalue weighted by Crippen LogP contribution is 2.11. The summed E-state index contributed by atoms with van der Waals surface area (Å²) in [5, 5.41) is 8.95. The SMILES string of the molecule is CCOC(=O)[C@H](SC#N)C(C)=O. The Labute approximate surface area is 74.9 Å². The Morgan fingerprint density at radius 2 is 2.25 bits per heavy atom. The highest BCUT2D eigenvalue weighted by atomic mass is 32.2. The molecular formula is C7H9NO3S. The molecule has 0 aliphatic rings. The first-order chi connectivity index (χ1) is 5.63. The molecule has 0 fully saturated rings. The topological polar surface area (TPSA) is 67.2 Å². The molecule has 0 saturated carbocycles. The molecule has 0 unspecified atom stereocenters. The van der Waals surface area contributed by atoms with E-state index in [4.69, 9.17) is 5.26 Å². The molecule has 0 spiro atoms. The number of ketones is 1. The summed E-state index contributed by atoms with van der Waals surface area (Å²) < 4.78 is 4.59. The van der Waals surface area contributed by atoms with Gasteiger partial charge in [-0.3, -0.25) is 9.59 Å². The van der Waals surface area contributed by atoms with Gasteiger partial charge in [0.1, 0.15) is 5.40 Å². The van der Waals surface area contributed by atoms with E-state index < -0.39 is 11.2 Å². The number of nitriles is 1. The molecule has 0 aliphatic carbocycles. The van der Waals surface area contributed by atoms with Crippen LogP contribution >= 0.6 is 11.8 Å². The fourth-order valence-corrected chi connectivity index (χ4v) is 1.00. The van der Waals surface area contributed by atoms with Crippen molar-refractivity contribution < 1.29 is 14.3 Å². The monoisotopic (exact) mass is 187 g/mol. The molecule has 0 saturated heterocycles. The second-order valence-corrected chi connectivity index (χ2v) is 2.84. The number of hydrogen-bond acceptors (Lipinski definition) is 5. The van der Waals surface area contributed by atoms with Gasteiger partial charge in [-0.25, -0.2) is 0 Å².